The van der Waals surface area contributed by atoms with Crippen molar-refractivity contribution in [1.82, 2.24) is 0 Å². The molecule has 0 aliphatic rings. The highest BCUT2D eigenvalue weighted by Gasteiger charge is 2.04. The summed E-state index contributed by atoms with van der Waals surface area (Å²) in [7, 11) is 0. The largest absolute Gasteiger partial charge is 0.491 e. The molecule has 1 N–H and O–H groups in total. The summed E-state index contributed by atoms with van der Waals surface area (Å²) in [6.07, 6.45) is 1.43. The normalized spacial score (nSPS) is 10.2. The molecule has 0 aliphatic heterocycles. The van der Waals surface area contributed by atoms with Crippen LogP contribution in [0.1, 0.15) is 18.4 Å². The Morgan fingerprint density at radius 3 is 2.86 bits per heavy atom. The van der Waals surface area contributed by atoms with Crippen molar-refractivity contribution >= 4 is 0 Å². The number of halogens is 1. The van der Waals surface area contributed by atoms with Crippen molar-refractivity contribution in [2.45, 2.75) is 19.8 Å². The summed E-state index contributed by atoms with van der Waals surface area (Å²) < 4.78 is 18.6. The van der Waals surface area contributed by atoms with Crippen molar-refractivity contribution in [2.24, 2.45) is 0 Å². The summed E-state index contributed by atoms with van der Waals surface area (Å²) in [6.45, 7) is 2.30. The van der Waals surface area contributed by atoms with Crippen LogP contribution < -0.4 is 4.74 Å². The van der Waals surface area contributed by atoms with Crippen LogP contribution in [-0.2, 0) is 0 Å². The van der Waals surface area contributed by atoms with Gasteiger partial charge in [-0.05, 0) is 31.4 Å². The van der Waals surface area contributed by atoms with Gasteiger partial charge >= 0.3 is 0 Å². The van der Waals surface area contributed by atoms with E-state index in [1.54, 1.807) is 25.1 Å². The van der Waals surface area contributed by atoms with E-state index in [9.17, 15) is 4.39 Å². The van der Waals surface area contributed by atoms with E-state index in [1.165, 1.54) is 0 Å². The Hall–Kier alpha value is -1.09. The molecule has 0 saturated carbocycles. The molecule has 0 unspecified atom stereocenters. The lowest BCUT2D eigenvalue weighted by Crippen LogP contribution is -2.00. The molecule has 1 rings (SSSR count). The second-order valence-electron chi connectivity index (χ2n) is 3.17. The zero-order valence-electron chi connectivity index (χ0n) is 8.29. The molecule has 78 valence electrons. The van der Waals surface area contributed by atoms with E-state index in [0.29, 0.717) is 24.3 Å². The average Bonchev–Trinajstić information content (AvgIpc) is 2.19. The van der Waals surface area contributed by atoms with E-state index in [0.717, 1.165) is 6.42 Å². The van der Waals surface area contributed by atoms with Crippen LogP contribution in [0, 0.1) is 12.7 Å². The molecule has 2 nitrogen and oxygen atoms in total. The molecule has 3 heteroatoms. The lowest BCUT2D eigenvalue weighted by molar-refractivity contribution is 0.248. The lowest BCUT2D eigenvalue weighted by Gasteiger charge is -2.07. The minimum absolute atomic E-state index is 0.152. The quantitative estimate of drug-likeness (QED) is 0.735. The van der Waals surface area contributed by atoms with Gasteiger partial charge in [0.05, 0.1) is 6.61 Å². The third-order valence-corrected chi connectivity index (χ3v) is 1.97. The first-order chi connectivity index (χ1) is 6.75. The van der Waals surface area contributed by atoms with Crippen LogP contribution in [0.15, 0.2) is 18.2 Å². The summed E-state index contributed by atoms with van der Waals surface area (Å²) in [5, 5.41) is 8.53. The Labute approximate surface area is 83.3 Å². The number of benzene rings is 1. The topological polar surface area (TPSA) is 29.5 Å². The first-order valence-corrected chi connectivity index (χ1v) is 4.74. The maximum Gasteiger partial charge on any atom is 0.167 e. The van der Waals surface area contributed by atoms with Crippen molar-refractivity contribution < 1.29 is 14.2 Å². The van der Waals surface area contributed by atoms with Crippen LogP contribution in [0.25, 0.3) is 0 Å². The van der Waals surface area contributed by atoms with E-state index in [1.807, 2.05) is 0 Å². The van der Waals surface area contributed by atoms with Gasteiger partial charge in [-0.3, -0.25) is 0 Å². The molecule has 0 radical (unpaired) electrons. The summed E-state index contributed by atoms with van der Waals surface area (Å²) in [5.41, 5.74) is 0.588. The number of aliphatic hydroxyl groups excluding tert-OH is 1. The molecule has 0 aromatic heterocycles. The molecular weight excluding hydrogens is 183 g/mol. The summed E-state index contributed by atoms with van der Waals surface area (Å²) >= 11 is 0. The highest BCUT2D eigenvalue weighted by Crippen LogP contribution is 2.19. The van der Waals surface area contributed by atoms with Gasteiger partial charge in [0.1, 0.15) is 0 Å². The van der Waals surface area contributed by atoms with Crippen LogP contribution in [0.5, 0.6) is 5.75 Å². The van der Waals surface area contributed by atoms with Crippen LogP contribution in [0.3, 0.4) is 0 Å². The van der Waals surface area contributed by atoms with Crippen LogP contribution in [-0.4, -0.2) is 18.3 Å². The maximum atomic E-state index is 13.3. The number of aliphatic hydroxyl groups is 1. The fourth-order valence-electron chi connectivity index (χ4n) is 1.13. The first kappa shape index (κ1) is 11.0. The highest BCUT2D eigenvalue weighted by molar-refractivity contribution is 5.29. The molecule has 1 aromatic carbocycles. The van der Waals surface area contributed by atoms with Crippen LogP contribution in [0.4, 0.5) is 4.39 Å². The summed E-state index contributed by atoms with van der Waals surface area (Å²) in [4.78, 5) is 0. The van der Waals surface area contributed by atoms with Crippen LogP contribution in [0.2, 0.25) is 0 Å². The maximum absolute atomic E-state index is 13.3. The Morgan fingerprint density at radius 1 is 1.36 bits per heavy atom. The van der Waals surface area contributed by atoms with Crippen molar-refractivity contribution in [3.8, 4) is 5.75 Å². The van der Waals surface area contributed by atoms with Gasteiger partial charge < -0.3 is 9.84 Å². The van der Waals surface area contributed by atoms with Gasteiger partial charge in [-0.25, -0.2) is 4.39 Å². The van der Waals surface area contributed by atoms with Gasteiger partial charge in [-0.15, -0.1) is 0 Å². The summed E-state index contributed by atoms with van der Waals surface area (Å²) in [5.74, 6) is -0.000520. The Morgan fingerprint density at radius 2 is 2.14 bits per heavy atom. The molecule has 0 bridgehead atoms. The molecule has 14 heavy (non-hydrogen) atoms. The SMILES string of the molecule is Cc1cccc(OCCCCO)c1F. The predicted octanol–water partition coefficient (Wildman–Crippen LogP) is 2.29. The fraction of sp³-hybridized carbons (Fsp3) is 0.455. The van der Waals surface area contributed by atoms with Crippen molar-refractivity contribution in [2.75, 3.05) is 13.2 Å². The molecule has 0 fully saturated rings. The summed E-state index contributed by atoms with van der Waals surface area (Å²) in [6, 6.07) is 5.08. The van der Waals surface area contributed by atoms with Gasteiger partial charge in [0, 0.05) is 6.61 Å². The number of hydrogen-bond acceptors (Lipinski definition) is 2. The van der Waals surface area contributed by atoms with Gasteiger partial charge in [0.15, 0.2) is 11.6 Å². The van der Waals surface area contributed by atoms with E-state index < -0.39 is 0 Å². The third kappa shape index (κ3) is 3.00. The number of aryl methyl sites for hydroxylation is 1. The first-order valence-electron chi connectivity index (χ1n) is 4.74. The molecule has 1 aromatic rings. The Bertz CT molecular complexity index is 287. The van der Waals surface area contributed by atoms with Crippen molar-refractivity contribution in [3.63, 3.8) is 0 Å². The third-order valence-electron chi connectivity index (χ3n) is 1.97. The second-order valence-corrected chi connectivity index (χ2v) is 3.17. The number of ether oxygens (including phenoxy) is 1. The average molecular weight is 198 g/mol. The Balaban J connectivity index is 2.46. The van der Waals surface area contributed by atoms with Crippen LogP contribution >= 0.6 is 0 Å². The smallest absolute Gasteiger partial charge is 0.167 e. The van der Waals surface area contributed by atoms with Gasteiger partial charge in [0.2, 0.25) is 0 Å². The van der Waals surface area contributed by atoms with Gasteiger partial charge in [-0.2, -0.15) is 0 Å². The van der Waals surface area contributed by atoms with Crippen molar-refractivity contribution in [1.29, 1.82) is 0 Å². The number of rotatable bonds is 5. The molecule has 0 atom stereocenters. The Kier molecular flexibility index (Phi) is 4.40. The minimum Gasteiger partial charge on any atom is -0.491 e. The lowest BCUT2D eigenvalue weighted by atomic mass is 10.2. The van der Waals surface area contributed by atoms with Gasteiger partial charge in [-0.1, -0.05) is 12.1 Å². The second kappa shape index (κ2) is 5.60. The number of unbranched alkanes of at least 4 members (excludes halogenated alkanes) is 1. The predicted molar refractivity (Wildman–Crippen MR) is 53.0 cm³/mol. The minimum atomic E-state index is -0.295. The molecular formula is C11H15FO2. The van der Waals surface area contributed by atoms with E-state index in [4.69, 9.17) is 9.84 Å². The molecule has 0 saturated heterocycles. The number of hydrogen-bond donors (Lipinski definition) is 1. The van der Waals surface area contributed by atoms with E-state index in [-0.39, 0.29) is 12.4 Å². The van der Waals surface area contributed by atoms with Gasteiger partial charge in [0.25, 0.3) is 0 Å². The molecule has 0 heterocycles. The molecule has 0 spiro atoms. The van der Waals surface area contributed by atoms with E-state index >= 15 is 0 Å². The van der Waals surface area contributed by atoms with E-state index in [2.05, 4.69) is 0 Å². The fourth-order valence-corrected chi connectivity index (χ4v) is 1.13. The van der Waals surface area contributed by atoms with Crippen molar-refractivity contribution in [3.05, 3.63) is 29.6 Å². The standard InChI is InChI=1S/C11H15FO2/c1-9-5-4-6-10(11(9)12)14-8-3-2-7-13/h4-6,13H,2-3,7-8H2,1H3. The molecule has 0 aliphatic carbocycles. The zero-order chi connectivity index (χ0) is 10.4. The monoisotopic (exact) mass is 198 g/mol. The molecule has 0 amide bonds. The highest BCUT2D eigenvalue weighted by atomic mass is 19.1. The zero-order valence-corrected chi connectivity index (χ0v) is 8.29.